The van der Waals surface area contributed by atoms with Gasteiger partial charge in [0.1, 0.15) is 0 Å². The average molecular weight is 394 g/mol. The molecule has 0 bridgehead atoms. The molecule has 0 radical (unpaired) electrons. The number of anilines is 1. The summed E-state index contributed by atoms with van der Waals surface area (Å²) in [6, 6.07) is 7.74. The Kier molecular flexibility index (Phi) is 4.97. The number of aromatic nitrogens is 1. The minimum Gasteiger partial charge on any atom is -0.348 e. The minimum atomic E-state index is -3.80. The smallest absolute Gasteiger partial charge is 0.251 e. The van der Waals surface area contributed by atoms with Crippen LogP contribution in [0.25, 0.3) is 0 Å². The molecule has 0 spiro atoms. The van der Waals surface area contributed by atoms with Crippen LogP contribution in [0.4, 0.5) is 5.69 Å². The number of amides is 2. The van der Waals surface area contributed by atoms with Crippen molar-refractivity contribution in [2.45, 2.75) is 13.5 Å². The van der Waals surface area contributed by atoms with Crippen LogP contribution >= 0.6 is 11.6 Å². The lowest BCUT2D eigenvalue weighted by molar-refractivity contribution is -0.119. The van der Waals surface area contributed by atoms with E-state index in [-0.39, 0.29) is 28.6 Å². The van der Waals surface area contributed by atoms with E-state index < -0.39 is 27.8 Å². The van der Waals surface area contributed by atoms with Crippen molar-refractivity contribution < 1.29 is 18.0 Å². The summed E-state index contributed by atoms with van der Waals surface area (Å²) >= 11 is 6.10. The molecule has 1 N–H and O–H groups in total. The Morgan fingerprint density at radius 3 is 2.62 bits per heavy atom. The number of rotatable bonds is 4. The molecule has 1 aliphatic heterocycles. The van der Waals surface area contributed by atoms with Crippen LogP contribution in [0.1, 0.15) is 22.8 Å². The maximum absolute atomic E-state index is 12.4. The molecule has 26 heavy (non-hydrogen) atoms. The molecule has 1 fully saturated rings. The van der Waals surface area contributed by atoms with Crippen LogP contribution in [0.15, 0.2) is 42.7 Å². The highest BCUT2D eigenvalue weighted by molar-refractivity contribution is 7.94. The standard InChI is InChI=1S/C17H16ClN3O4S/c1-11-10-26(24,25)21(17(11)23)15-8-13(2-3-14(15)18)16(22)20-9-12-4-6-19-7-5-12/h2-8,11H,9-10H2,1H3,(H,20,22). The van der Waals surface area contributed by atoms with E-state index in [1.807, 2.05) is 0 Å². The zero-order valence-corrected chi connectivity index (χ0v) is 15.4. The first-order chi connectivity index (χ1) is 12.3. The molecule has 1 aromatic carbocycles. The number of sulfonamides is 1. The highest BCUT2D eigenvalue weighted by atomic mass is 35.5. The van der Waals surface area contributed by atoms with Crippen LogP contribution in [-0.2, 0) is 21.4 Å². The van der Waals surface area contributed by atoms with Gasteiger partial charge < -0.3 is 5.32 Å². The lowest BCUT2D eigenvalue weighted by Gasteiger charge is -2.17. The van der Waals surface area contributed by atoms with Gasteiger partial charge in [-0.1, -0.05) is 18.5 Å². The van der Waals surface area contributed by atoms with Crippen LogP contribution in [0.2, 0.25) is 5.02 Å². The molecule has 0 saturated carbocycles. The monoisotopic (exact) mass is 393 g/mol. The van der Waals surface area contributed by atoms with Crippen LogP contribution in [-0.4, -0.2) is 31.0 Å². The van der Waals surface area contributed by atoms with Crippen molar-refractivity contribution >= 4 is 39.1 Å². The first-order valence-electron chi connectivity index (χ1n) is 7.83. The van der Waals surface area contributed by atoms with Crippen molar-refractivity contribution in [3.05, 3.63) is 58.9 Å². The summed E-state index contributed by atoms with van der Waals surface area (Å²) in [5, 5.41) is 2.82. The van der Waals surface area contributed by atoms with E-state index in [2.05, 4.69) is 10.3 Å². The summed E-state index contributed by atoms with van der Waals surface area (Å²) in [6.07, 6.45) is 3.24. The highest BCUT2D eigenvalue weighted by Gasteiger charge is 2.42. The summed E-state index contributed by atoms with van der Waals surface area (Å²) in [5.74, 6) is -1.89. The van der Waals surface area contributed by atoms with E-state index in [1.165, 1.54) is 18.2 Å². The third kappa shape index (κ3) is 3.56. The minimum absolute atomic E-state index is 0.00224. The Morgan fingerprint density at radius 2 is 2.00 bits per heavy atom. The molecule has 7 nitrogen and oxygen atoms in total. The fraction of sp³-hybridized carbons (Fsp3) is 0.235. The SMILES string of the molecule is CC1CS(=O)(=O)N(c2cc(C(=O)NCc3ccncc3)ccc2Cl)C1=O. The molecule has 136 valence electrons. The predicted octanol–water partition coefficient (Wildman–Crippen LogP) is 1.98. The average Bonchev–Trinajstić information content (AvgIpc) is 2.81. The fourth-order valence-corrected chi connectivity index (χ4v) is 4.74. The molecule has 0 aliphatic carbocycles. The fourth-order valence-electron chi connectivity index (χ4n) is 2.66. The van der Waals surface area contributed by atoms with Gasteiger partial charge in [-0.3, -0.25) is 14.6 Å². The van der Waals surface area contributed by atoms with Crippen molar-refractivity contribution in [3.63, 3.8) is 0 Å². The summed E-state index contributed by atoms with van der Waals surface area (Å²) < 4.78 is 25.2. The maximum atomic E-state index is 12.4. The zero-order chi connectivity index (χ0) is 18.9. The van der Waals surface area contributed by atoms with Crippen molar-refractivity contribution in [3.8, 4) is 0 Å². The maximum Gasteiger partial charge on any atom is 0.251 e. The van der Waals surface area contributed by atoms with Crippen LogP contribution in [0, 0.1) is 5.92 Å². The Balaban J connectivity index is 1.86. The van der Waals surface area contributed by atoms with Gasteiger partial charge in [-0.05, 0) is 35.9 Å². The number of nitrogens with zero attached hydrogens (tertiary/aromatic N) is 2. The number of hydrogen-bond donors (Lipinski definition) is 1. The molecule has 3 rings (SSSR count). The quantitative estimate of drug-likeness (QED) is 0.856. The van der Waals surface area contributed by atoms with Gasteiger partial charge >= 0.3 is 0 Å². The first-order valence-corrected chi connectivity index (χ1v) is 9.82. The van der Waals surface area contributed by atoms with Crippen LogP contribution in [0.3, 0.4) is 0 Å². The Labute approximate surface area is 156 Å². The second-order valence-electron chi connectivity index (χ2n) is 5.99. The van der Waals surface area contributed by atoms with Gasteiger partial charge in [0.25, 0.3) is 5.91 Å². The topological polar surface area (TPSA) is 96.4 Å². The van der Waals surface area contributed by atoms with E-state index in [1.54, 1.807) is 31.5 Å². The lowest BCUT2D eigenvalue weighted by atomic mass is 10.1. The number of carbonyl (C=O) groups is 2. The van der Waals surface area contributed by atoms with E-state index in [0.717, 1.165) is 5.56 Å². The molecular weight excluding hydrogens is 378 g/mol. The Hall–Kier alpha value is -2.45. The number of benzene rings is 1. The third-order valence-corrected chi connectivity index (χ3v) is 6.16. The molecule has 1 saturated heterocycles. The molecule has 9 heteroatoms. The van der Waals surface area contributed by atoms with Crippen molar-refractivity contribution in [2.75, 3.05) is 10.1 Å². The van der Waals surface area contributed by atoms with E-state index in [9.17, 15) is 18.0 Å². The summed E-state index contributed by atoms with van der Waals surface area (Å²) in [5.41, 5.74) is 1.08. The number of carbonyl (C=O) groups excluding carboxylic acids is 2. The highest BCUT2D eigenvalue weighted by Crippen LogP contribution is 2.34. The molecular formula is C17H16ClN3O4S. The van der Waals surface area contributed by atoms with Gasteiger partial charge in [0.2, 0.25) is 15.9 Å². The van der Waals surface area contributed by atoms with Gasteiger partial charge in [0, 0.05) is 24.5 Å². The largest absolute Gasteiger partial charge is 0.348 e. The normalized spacial score (nSPS) is 18.8. The van der Waals surface area contributed by atoms with Gasteiger partial charge in [0.15, 0.2) is 0 Å². The predicted molar refractivity (Wildman–Crippen MR) is 97.3 cm³/mol. The molecule has 1 atom stereocenters. The zero-order valence-electron chi connectivity index (χ0n) is 13.8. The van der Waals surface area contributed by atoms with Gasteiger partial charge in [-0.15, -0.1) is 0 Å². The van der Waals surface area contributed by atoms with E-state index >= 15 is 0 Å². The van der Waals surface area contributed by atoms with Crippen molar-refractivity contribution in [1.82, 2.24) is 10.3 Å². The molecule has 2 heterocycles. The summed E-state index contributed by atoms with van der Waals surface area (Å²) in [4.78, 5) is 28.5. The lowest BCUT2D eigenvalue weighted by Crippen LogP contribution is -2.31. The van der Waals surface area contributed by atoms with E-state index in [4.69, 9.17) is 11.6 Å². The molecule has 1 aliphatic rings. The first kappa shape index (κ1) is 18.3. The molecule has 2 amide bonds. The second kappa shape index (κ2) is 7.05. The van der Waals surface area contributed by atoms with Crippen LogP contribution < -0.4 is 9.62 Å². The summed E-state index contributed by atoms with van der Waals surface area (Å²) in [7, 11) is -3.80. The second-order valence-corrected chi connectivity index (χ2v) is 8.26. The molecule has 1 unspecified atom stereocenters. The Morgan fingerprint density at radius 1 is 1.31 bits per heavy atom. The number of hydrogen-bond acceptors (Lipinski definition) is 5. The van der Waals surface area contributed by atoms with Gasteiger partial charge in [-0.25, -0.2) is 12.7 Å². The van der Waals surface area contributed by atoms with Gasteiger partial charge in [0.05, 0.1) is 22.4 Å². The van der Waals surface area contributed by atoms with E-state index in [0.29, 0.717) is 4.31 Å². The van der Waals surface area contributed by atoms with Crippen molar-refractivity contribution in [2.24, 2.45) is 5.92 Å². The third-order valence-electron chi connectivity index (χ3n) is 3.99. The van der Waals surface area contributed by atoms with Crippen LogP contribution in [0.5, 0.6) is 0 Å². The number of halogens is 1. The number of nitrogens with one attached hydrogen (secondary N) is 1. The van der Waals surface area contributed by atoms with Gasteiger partial charge in [-0.2, -0.15) is 0 Å². The van der Waals surface area contributed by atoms with Crippen molar-refractivity contribution in [1.29, 1.82) is 0 Å². The molecule has 1 aromatic heterocycles. The molecule has 2 aromatic rings. The number of pyridine rings is 1. The Bertz CT molecular complexity index is 963. The summed E-state index contributed by atoms with van der Waals surface area (Å²) in [6.45, 7) is 1.83.